The summed E-state index contributed by atoms with van der Waals surface area (Å²) in [7, 11) is 1.92. The number of ether oxygens (including phenoxy) is 1. The SMILES string of the molecule is CNCCN1CCN(C(=O)CNC2CC2c2cc(F)cc(F)c2OCc2cccnc2F)CC1. The van der Waals surface area contributed by atoms with Crippen LogP contribution in [0.1, 0.15) is 23.5 Å². The Bertz CT molecular complexity index is 1000. The highest BCUT2D eigenvalue weighted by molar-refractivity contribution is 5.78. The van der Waals surface area contributed by atoms with Gasteiger partial charge in [-0.3, -0.25) is 9.69 Å². The van der Waals surface area contributed by atoms with Gasteiger partial charge in [0.2, 0.25) is 11.9 Å². The maximum absolute atomic E-state index is 14.5. The van der Waals surface area contributed by atoms with Crippen molar-refractivity contribution < 1.29 is 22.7 Å². The van der Waals surface area contributed by atoms with E-state index in [0.29, 0.717) is 25.1 Å². The molecule has 1 amide bonds. The third-order valence-corrected chi connectivity index (χ3v) is 6.35. The summed E-state index contributed by atoms with van der Waals surface area (Å²) in [5, 5.41) is 6.34. The average Bonchev–Trinajstić information content (AvgIpc) is 3.61. The van der Waals surface area contributed by atoms with Crippen LogP contribution in [0.15, 0.2) is 30.5 Å². The van der Waals surface area contributed by atoms with Crippen LogP contribution in [0.5, 0.6) is 5.75 Å². The van der Waals surface area contributed by atoms with Gasteiger partial charge >= 0.3 is 0 Å². The Morgan fingerprint density at radius 2 is 2.00 bits per heavy atom. The first-order valence-corrected chi connectivity index (χ1v) is 11.6. The molecule has 2 aromatic rings. The van der Waals surface area contributed by atoms with E-state index in [1.54, 1.807) is 6.07 Å². The summed E-state index contributed by atoms with van der Waals surface area (Å²) in [4.78, 5) is 20.3. The van der Waals surface area contributed by atoms with Gasteiger partial charge in [-0.15, -0.1) is 0 Å². The van der Waals surface area contributed by atoms with Crippen LogP contribution in [0.3, 0.4) is 0 Å². The van der Waals surface area contributed by atoms with Gasteiger partial charge in [-0.25, -0.2) is 13.8 Å². The number of aromatic nitrogens is 1. The van der Waals surface area contributed by atoms with E-state index in [2.05, 4.69) is 20.5 Å². The highest BCUT2D eigenvalue weighted by Gasteiger charge is 2.41. The second-order valence-corrected chi connectivity index (χ2v) is 8.70. The van der Waals surface area contributed by atoms with Gasteiger partial charge in [0.1, 0.15) is 12.4 Å². The van der Waals surface area contributed by atoms with Crippen molar-refractivity contribution in [3.8, 4) is 5.75 Å². The first kappa shape index (κ1) is 24.4. The van der Waals surface area contributed by atoms with Crippen LogP contribution >= 0.6 is 0 Å². The average molecular weight is 478 g/mol. The molecule has 0 spiro atoms. The maximum atomic E-state index is 14.5. The van der Waals surface area contributed by atoms with Gasteiger partial charge in [-0.05, 0) is 31.7 Å². The molecule has 1 aromatic heterocycles. The fourth-order valence-electron chi connectivity index (χ4n) is 4.27. The molecule has 10 heteroatoms. The van der Waals surface area contributed by atoms with Crippen LogP contribution < -0.4 is 15.4 Å². The number of likely N-dealkylation sites (N-methyl/N-ethyl adjacent to an activating group) is 1. The zero-order valence-corrected chi connectivity index (χ0v) is 19.2. The Morgan fingerprint density at radius 1 is 1.21 bits per heavy atom. The number of hydrogen-bond acceptors (Lipinski definition) is 6. The summed E-state index contributed by atoms with van der Waals surface area (Å²) in [5.41, 5.74) is 0.559. The topological polar surface area (TPSA) is 69.7 Å². The lowest BCUT2D eigenvalue weighted by Gasteiger charge is -2.34. The minimum atomic E-state index is -0.836. The Kier molecular flexibility index (Phi) is 8.02. The van der Waals surface area contributed by atoms with Crippen molar-refractivity contribution in [2.75, 3.05) is 52.9 Å². The number of amides is 1. The standard InChI is InChI=1S/C24H30F3N5O2/c1-28-5-6-31-7-9-32(10-8-31)22(33)14-30-21-13-18(21)19-11-17(25)12-20(26)23(19)34-15-16-3-2-4-29-24(16)27/h2-4,11-12,18,21,28,30H,5-10,13-15H2,1H3. The van der Waals surface area contributed by atoms with Crippen molar-refractivity contribution in [1.82, 2.24) is 25.4 Å². The van der Waals surface area contributed by atoms with E-state index in [1.807, 2.05) is 11.9 Å². The second kappa shape index (κ2) is 11.2. The molecule has 1 aliphatic heterocycles. The van der Waals surface area contributed by atoms with Crippen LogP contribution in [0.2, 0.25) is 0 Å². The largest absolute Gasteiger partial charge is 0.485 e. The van der Waals surface area contributed by atoms with Crippen molar-refractivity contribution in [1.29, 1.82) is 0 Å². The first-order chi connectivity index (χ1) is 16.5. The van der Waals surface area contributed by atoms with E-state index in [4.69, 9.17) is 4.74 Å². The molecule has 1 aromatic carbocycles. The number of halogens is 3. The number of piperazine rings is 1. The minimum absolute atomic E-state index is 0.0212. The predicted molar refractivity (Wildman–Crippen MR) is 121 cm³/mol. The van der Waals surface area contributed by atoms with E-state index in [0.717, 1.165) is 32.2 Å². The molecule has 7 nitrogen and oxygen atoms in total. The number of pyridine rings is 1. The molecular weight excluding hydrogens is 447 g/mol. The molecule has 0 radical (unpaired) electrons. The van der Waals surface area contributed by atoms with Crippen molar-refractivity contribution in [2.45, 2.75) is 25.0 Å². The lowest BCUT2D eigenvalue weighted by molar-refractivity contribution is -0.132. The minimum Gasteiger partial charge on any atom is -0.485 e. The molecule has 1 saturated carbocycles. The van der Waals surface area contributed by atoms with E-state index in [-0.39, 0.29) is 42.3 Å². The van der Waals surface area contributed by atoms with Gasteiger partial charge in [0, 0.05) is 74.6 Å². The molecule has 0 bridgehead atoms. The van der Waals surface area contributed by atoms with Crippen molar-refractivity contribution >= 4 is 5.91 Å². The van der Waals surface area contributed by atoms with Gasteiger partial charge < -0.3 is 20.3 Å². The van der Waals surface area contributed by atoms with Crippen LogP contribution in [0.25, 0.3) is 0 Å². The number of carbonyl (C=O) groups is 1. The third kappa shape index (κ3) is 6.05. The fourth-order valence-corrected chi connectivity index (χ4v) is 4.27. The molecule has 1 saturated heterocycles. The van der Waals surface area contributed by atoms with Crippen LogP contribution in [0, 0.1) is 17.6 Å². The molecule has 2 aliphatic rings. The Labute approximate surface area is 197 Å². The number of nitrogens with zero attached hydrogens (tertiary/aromatic N) is 3. The lowest BCUT2D eigenvalue weighted by Crippen LogP contribution is -2.51. The number of hydrogen-bond donors (Lipinski definition) is 2. The summed E-state index contributed by atoms with van der Waals surface area (Å²) in [5.74, 6) is -2.50. The number of nitrogens with one attached hydrogen (secondary N) is 2. The van der Waals surface area contributed by atoms with Crippen molar-refractivity contribution in [3.05, 3.63) is 59.2 Å². The summed E-state index contributed by atoms with van der Waals surface area (Å²) < 4.78 is 47.9. The van der Waals surface area contributed by atoms with E-state index < -0.39 is 17.6 Å². The number of benzene rings is 1. The zero-order chi connectivity index (χ0) is 24.1. The van der Waals surface area contributed by atoms with Crippen molar-refractivity contribution in [2.24, 2.45) is 0 Å². The lowest BCUT2D eigenvalue weighted by atomic mass is 10.1. The second-order valence-electron chi connectivity index (χ2n) is 8.70. The van der Waals surface area contributed by atoms with E-state index in [9.17, 15) is 18.0 Å². The maximum Gasteiger partial charge on any atom is 0.236 e. The smallest absolute Gasteiger partial charge is 0.236 e. The molecule has 34 heavy (non-hydrogen) atoms. The molecule has 2 N–H and O–H groups in total. The van der Waals surface area contributed by atoms with Gasteiger partial charge in [-0.2, -0.15) is 4.39 Å². The summed E-state index contributed by atoms with van der Waals surface area (Å²) >= 11 is 0. The molecule has 2 fully saturated rings. The summed E-state index contributed by atoms with van der Waals surface area (Å²) in [6, 6.07) is 4.97. The van der Waals surface area contributed by atoms with Gasteiger partial charge in [0.15, 0.2) is 11.6 Å². The molecule has 1 aliphatic carbocycles. The van der Waals surface area contributed by atoms with Gasteiger partial charge in [0.05, 0.1) is 6.54 Å². The molecule has 2 atom stereocenters. The molecule has 2 unspecified atom stereocenters. The van der Waals surface area contributed by atoms with Crippen molar-refractivity contribution in [3.63, 3.8) is 0 Å². The van der Waals surface area contributed by atoms with Gasteiger partial charge in [-0.1, -0.05) is 0 Å². The Hall–Kier alpha value is -2.69. The van der Waals surface area contributed by atoms with E-state index in [1.165, 1.54) is 18.3 Å². The van der Waals surface area contributed by atoms with Crippen LogP contribution in [-0.4, -0.2) is 79.6 Å². The highest BCUT2D eigenvalue weighted by atomic mass is 19.1. The Morgan fingerprint density at radius 3 is 2.74 bits per heavy atom. The highest BCUT2D eigenvalue weighted by Crippen LogP contribution is 2.46. The molecule has 4 rings (SSSR count). The number of carbonyl (C=O) groups excluding carboxylic acids is 1. The van der Waals surface area contributed by atoms with E-state index >= 15 is 0 Å². The fraction of sp³-hybridized carbons (Fsp3) is 0.500. The first-order valence-electron chi connectivity index (χ1n) is 11.6. The normalized spacial score (nSPS) is 20.4. The molecule has 184 valence electrons. The monoisotopic (exact) mass is 477 g/mol. The zero-order valence-electron chi connectivity index (χ0n) is 19.2. The molecule has 2 heterocycles. The van der Waals surface area contributed by atoms with Crippen LogP contribution in [-0.2, 0) is 11.4 Å². The molecular formula is C24H30F3N5O2. The third-order valence-electron chi connectivity index (χ3n) is 6.35. The van der Waals surface area contributed by atoms with Crippen LogP contribution in [0.4, 0.5) is 13.2 Å². The predicted octanol–water partition coefficient (Wildman–Crippen LogP) is 1.89. The number of rotatable bonds is 10. The summed E-state index contributed by atoms with van der Waals surface area (Å²) in [6.07, 6.45) is 1.94. The van der Waals surface area contributed by atoms with Gasteiger partial charge in [0.25, 0.3) is 0 Å². The quantitative estimate of drug-likeness (QED) is 0.510. The Balaban J connectivity index is 1.31. The summed E-state index contributed by atoms with van der Waals surface area (Å²) in [6.45, 7) is 4.91.